The van der Waals surface area contributed by atoms with Gasteiger partial charge in [-0.3, -0.25) is 4.79 Å². The summed E-state index contributed by atoms with van der Waals surface area (Å²) in [4.78, 5) is 10.7. The highest BCUT2D eigenvalue weighted by atomic mass is 16.5. The summed E-state index contributed by atoms with van der Waals surface area (Å²) in [6.07, 6.45) is -0.329. The molecule has 0 amide bonds. The van der Waals surface area contributed by atoms with Gasteiger partial charge in [-0.25, -0.2) is 0 Å². The summed E-state index contributed by atoms with van der Waals surface area (Å²) >= 11 is 0. The summed E-state index contributed by atoms with van der Waals surface area (Å²) < 4.78 is 5.51. The zero-order valence-corrected chi connectivity index (χ0v) is 9.23. The third-order valence-corrected chi connectivity index (χ3v) is 2.44. The van der Waals surface area contributed by atoms with Crippen LogP contribution >= 0.6 is 0 Å². The SMILES string of the molecule is Cc1ccc(OC(C)C(C)C(=O)O)cc1. The number of carboxylic acid groups (broad SMARTS) is 1. The predicted molar refractivity (Wildman–Crippen MR) is 58.1 cm³/mol. The lowest BCUT2D eigenvalue weighted by Gasteiger charge is -2.18. The van der Waals surface area contributed by atoms with E-state index in [1.807, 2.05) is 31.2 Å². The highest BCUT2D eigenvalue weighted by Gasteiger charge is 2.20. The van der Waals surface area contributed by atoms with Crippen LogP contribution in [0.4, 0.5) is 0 Å². The number of carbonyl (C=O) groups is 1. The number of aliphatic carboxylic acids is 1. The molecule has 1 aromatic rings. The van der Waals surface area contributed by atoms with Crippen molar-refractivity contribution in [3.63, 3.8) is 0 Å². The Hall–Kier alpha value is -1.51. The quantitative estimate of drug-likeness (QED) is 0.826. The van der Waals surface area contributed by atoms with Crippen LogP contribution < -0.4 is 4.74 Å². The molecule has 0 aromatic heterocycles. The number of ether oxygens (including phenoxy) is 1. The Morgan fingerprint density at radius 3 is 2.27 bits per heavy atom. The summed E-state index contributed by atoms with van der Waals surface area (Å²) in [7, 11) is 0. The van der Waals surface area contributed by atoms with E-state index in [0.29, 0.717) is 5.75 Å². The first kappa shape index (κ1) is 11.6. The van der Waals surface area contributed by atoms with Crippen LogP contribution in [0, 0.1) is 12.8 Å². The molecule has 0 heterocycles. The van der Waals surface area contributed by atoms with Gasteiger partial charge in [-0.15, -0.1) is 0 Å². The summed E-state index contributed by atoms with van der Waals surface area (Å²) in [5.41, 5.74) is 1.15. The van der Waals surface area contributed by atoms with Crippen molar-refractivity contribution in [1.29, 1.82) is 0 Å². The topological polar surface area (TPSA) is 46.5 Å². The Labute approximate surface area is 89.7 Å². The van der Waals surface area contributed by atoms with Gasteiger partial charge in [-0.1, -0.05) is 17.7 Å². The number of hydrogen-bond acceptors (Lipinski definition) is 2. The van der Waals surface area contributed by atoms with Crippen LogP contribution in [-0.2, 0) is 4.79 Å². The normalized spacial score (nSPS) is 14.3. The molecule has 0 aliphatic rings. The van der Waals surface area contributed by atoms with Gasteiger partial charge in [0.05, 0.1) is 5.92 Å². The van der Waals surface area contributed by atoms with Crippen molar-refractivity contribution in [3.05, 3.63) is 29.8 Å². The number of aryl methyl sites for hydroxylation is 1. The number of hydrogen-bond donors (Lipinski definition) is 1. The first-order chi connectivity index (χ1) is 7.00. The molecule has 1 N–H and O–H groups in total. The Morgan fingerprint density at radius 2 is 1.80 bits per heavy atom. The molecular weight excluding hydrogens is 192 g/mol. The van der Waals surface area contributed by atoms with Crippen molar-refractivity contribution in [1.82, 2.24) is 0 Å². The molecule has 2 atom stereocenters. The van der Waals surface area contributed by atoms with Gasteiger partial charge in [-0.2, -0.15) is 0 Å². The van der Waals surface area contributed by atoms with Gasteiger partial charge < -0.3 is 9.84 Å². The van der Waals surface area contributed by atoms with Crippen LogP contribution in [0.25, 0.3) is 0 Å². The first-order valence-corrected chi connectivity index (χ1v) is 4.97. The third kappa shape index (κ3) is 3.27. The highest BCUT2D eigenvalue weighted by molar-refractivity contribution is 5.70. The van der Waals surface area contributed by atoms with E-state index in [1.165, 1.54) is 0 Å². The van der Waals surface area contributed by atoms with Crippen molar-refractivity contribution in [2.24, 2.45) is 5.92 Å². The molecule has 3 nitrogen and oxygen atoms in total. The van der Waals surface area contributed by atoms with E-state index < -0.39 is 11.9 Å². The molecular formula is C12H16O3. The fourth-order valence-corrected chi connectivity index (χ4v) is 1.13. The van der Waals surface area contributed by atoms with Gasteiger partial charge >= 0.3 is 5.97 Å². The van der Waals surface area contributed by atoms with Crippen LogP contribution in [0.1, 0.15) is 19.4 Å². The van der Waals surface area contributed by atoms with Crippen LogP contribution in [0.5, 0.6) is 5.75 Å². The Kier molecular flexibility index (Phi) is 3.72. The molecule has 0 fully saturated rings. The van der Waals surface area contributed by atoms with Crippen LogP contribution in [0.15, 0.2) is 24.3 Å². The third-order valence-electron chi connectivity index (χ3n) is 2.44. The zero-order chi connectivity index (χ0) is 11.4. The van der Waals surface area contributed by atoms with Crippen LogP contribution in [0.2, 0.25) is 0 Å². The van der Waals surface area contributed by atoms with E-state index in [1.54, 1.807) is 13.8 Å². The van der Waals surface area contributed by atoms with Gasteiger partial charge in [-0.05, 0) is 32.9 Å². The second-order valence-electron chi connectivity index (χ2n) is 3.76. The molecule has 0 saturated carbocycles. The monoisotopic (exact) mass is 208 g/mol. The van der Waals surface area contributed by atoms with Crippen molar-refractivity contribution < 1.29 is 14.6 Å². The zero-order valence-electron chi connectivity index (χ0n) is 9.23. The van der Waals surface area contributed by atoms with E-state index >= 15 is 0 Å². The second-order valence-corrected chi connectivity index (χ2v) is 3.76. The highest BCUT2D eigenvalue weighted by Crippen LogP contribution is 2.16. The van der Waals surface area contributed by atoms with Crippen molar-refractivity contribution in [2.45, 2.75) is 26.9 Å². The fourth-order valence-electron chi connectivity index (χ4n) is 1.13. The van der Waals surface area contributed by atoms with Crippen LogP contribution in [0.3, 0.4) is 0 Å². The maximum atomic E-state index is 10.7. The van der Waals surface area contributed by atoms with E-state index in [-0.39, 0.29) is 6.10 Å². The molecule has 0 saturated heterocycles. The molecule has 15 heavy (non-hydrogen) atoms. The second kappa shape index (κ2) is 4.82. The maximum absolute atomic E-state index is 10.7. The predicted octanol–water partition coefficient (Wildman–Crippen LogP) is 2.48. The minimum Gasteiger partial charge on any atom is -0.490 e. The molecule has 0 spiro atoms. The molecule has 0 aliphatic carbocycles. The Balaban J connectivity index is 2.62. The van der Waals surface area contributed by atoms with E-state index in [9.17, 15) is 4.79 Å². The van der Waals surface area contributed by atoms with Crippen molar-refractivity contribution in [2.75, 3.05) is 0 Å². The number of benzene rings is 1. The molecule has 0 bridgehead atoms. The largest absolute Gasteiger partial charge is 0.490 e. The van der Waals surface area contributed by atoms with Gasteiger partial charge in [0.25, 0.3) is 0 Å². The smallest absolute Gasteiger partial charge is 0.309 e. The van der Waals surface area contributed by atoms with Gasteiger partial charge in [0.2, 0.25) is 0 Å². The maximum Gasteiger partial charge on any atom is 0.309 e. The fraction of sp³-hybridized carbons (Fsp3) is 0.417. The number of carboxylic acids is 1. The van der Waals surface area contributed by atoms with Gasteiger partial charge in [0, 0.05) is 0 Å². The summed E-state index contributed by atoms with van der Waals surface area (Å²) in [6.45, 7) is 5.40. The average molecular weight is 208 g/mol. The minimum absolute atomic E-state index is 0.329. The lowest BCUT2D eigenvalue weighted by molar-refractivity contribution is -0.143. The lowest BCUT2D eigenvalue weighted by atomic mass is 10.1. The van der Waals surface area contributed by atoms with Crippen molar-refractivity contribution in [3.8, 4) is 5.75 Å². The van der Waals surface area contributed by atoms with E-state index in [0.717, 1.165) is 5.56 Å². The van der Waals surface area contributed by atoms with E-state index in [2.05, 4.69) is 0 Å². The van der Waals surface area contributed by atoms with Gasteiger partial charge in [0.1, 0.15) is 11.9 Å². The summed E-state index contributed by atoms with van der Waals surface area (Å²) in [5.74, 6) is -0.637. The molecule has 3 heteroatoms. The molecule has 1 aromatic carbocycles. The molecule has 0 radical (unpaired) electrons. The average Bonchev–Trinajstić information content (AvgIpc) is 2.20. The van der Waals surface area contributed by atoms with E-state index in [4.69, 9.17) is 9.84 Å². The molecule has 82 valence electrons. The minimum atomic E-state index is -0.838. The van der Waals surface area contributed by atoms with Gasteiger partial charge in [0.15, 0.2) is 0 Å². The summed E-state index contributed by atoms with van der Waals surface area (Å²) in [5, 5.41) is 8.79. The van der Waals surface area contributed by atoms with Crippen molar-refractivity contribution >= 4 is 5.97 Å². The summed E-state index contributed by atoms with van der Waals surface area (Å²) in [6, 6.07) is 7.57. The lowest BCUT2D eigenvalue weighted by Crippen LogP contribution is -2.27. The molecule has 0 aliphatic heterocycles. The van der Waals surface area contributed by atoms with Crippen LogP contribution in [-0.4, -0.2) is 17.2 Å². The molecule has 2 unspecified atom stereocenters. The first-order valence-electron chi connectivity index (χ1n) is 4.97. The Bertz CT molecular complexity index is 329. The standard InChI is InChI=1S/C12H16O3/c1-8-4-6-11(7-5-8)15-10(3)9(2)12(13)14/h4-7,9-10H,1-3H3,(H,13,14). The Morgan fingerprint density at radius 1 is 1.27 bits per heavy atom. The number of rotatable bonds is 4. The molecule has 1 rings (SSSR count).